The Morgan fingerprint density at radius 2 is 2.19 bits per heavy atom. The van der Waals surface area contributed by atoms with E-state index in [4.69, 9.17) is 19.4 Å². The van der Waals surface area contributed by atoms with Gasteiger partial charge in [0, 0.05) is 25.6 Å². The number of nitriles is 1. The Labute approximate surface area is 186 Å². The summed E-state index contributed by atoms with van der Waals surface area (Å²) in [5.41, 5.74) is 3.12. The van der Waals surface area contributed by atoms with E-state index in [1.165, 1.54) is 0 Å². The first kappa shape index (κ1) is 20.6. The second-order valence-corrected chi connectivity index (χ2v) is 8.17. The highest BCUT2D eigenvalue weighted by Gasteiger charge is 2.33. The molecule has 0 aliphatic carbocycles. The quantitative estimate of drug-likeness (QED) is 0.613. The third kappa shape index (κ3) is 3.53. The van der Waals surface area contributed by atoms with Gasteiger partial charge in [0.1, 0.15) is 17.7 Å². The Balaban J connectivity index is 1.64. The van der Waals surface area contributed by atoms with Gasteiger partial charge in [0.25, 0.3) is 5.56 Å². The van der Waals surface area contributed by atoms with Crippen LogP contribution < -0.4 is 10.5 Å². The molecule has 1 atom stereocenters. The van der Waals surface area contributed by atoms with Crippen LogP contribution in [0.3, 0.4) is 0 Å². The number of hydrogen-bond acceptors (Lipinski definition) is 7. The SMILES string of the molecule is COCCn1c(C2CCCN2c2nc3c(cc2C#N)COCC3)nc2ccccc2c1=O. The lowest BCUT2D eigenvalue weighted by molar-refractivity contribution is 0.109. The maximum absolute atomic E-state index is 13.3. The molecule has 2 aliphatic heterocycles. The molecule has 32 heavy (non-hydrogen) atoms. The van der Waals surface area contributed by atoms with Crippen LogP contribution in [0, 0.1) is 11.3 Å². The van der Waals surface area contributed by atoms with E-state index in [-0.39, 0.29) is 11.6 Å². The number of pyridine rings is 1. The van der Waals surface area contributed by atoms with Gasteiger partial charge in [-0.1, -0.05) is 12.1 Å². The lowest BCUT2D eigenvalue weighted by atomic mass is 10.1. The number of hydrogen-bond donors (Lipinski definition) is 0. The van der Waals surface area contributed by atoms with Crippen LogP contribution in [0.2, 0.25) is 0 Å². The van der Waals surface area contributed by atoms with Crippen molar-refractivity contribution in [2.24, 2.45) is 0 Å². The number of benzene rings is 1. The summed E-state index contributed by atoms with van der Waals surface area (Å²) >= 11 is 0. The molecule has 8 nitrogen and oxygen atoms in total. The predicted molar refractivity (Wildman–Crippen MR) is 120 cm³/mol. The molecule has 1 aromatic carbocycles. The van der Waals surface area contributed by atoms with Gasteiger partial charge in [-0.15, -0.1) is 0 Å². The number of methoxy groups -OCH3 is 1. The third-order valence-corrected chi connectivity index (χ3v) is 6.27. The summed E-state index contributed by atoms with van der Waals surface area (Å²) in [5.74, 6) is 1.38. The molecule has 4 heterocycles. The van der Waals surface area contributed by atoms with Gasteiger partial charge in [0.15, 0.2) is 0 Å². The van der Waals surface area contributed by atoms with Gasteiger partial charge in [-0.25, -0.2) is 9.97 Å². The van der Waals surface area contributed by atoms with Crippen molar-refractivity contribution >= 4 is 16.7 Å². The van der Waals surface area contributed by atoms with Crippen LogP contribution in [-0.2, 0) is 29.0 Å². The Morgan fingerprint density at radius 3 is 3.03 bits per heavy atom. The van der Waals surface area contributed by atoms with Gasteiger partial charge in [0.05, 0.1) is 54.6 Å². The first-order valence-electron chi connectivity index (χ1n) is 11.0. The number of nitrogens with zero attached hydrogens (tertiary/aromatic N) is 5. The highest BCUT2D eigenvalue weighted by molar-refractivity contribution is 5.77. The van der Waals surface area contributed by atoms with E-state index in [0.717, 1.165) is 37.1 Å². The maximum atomic E-state index is 13.3. The zero-order chi connectivity index (χ0) is 22.1. The molecule has 8 heteroatoms. The zero-order valence-electron chi connectivity index (χ0n) is 18.1. The van der Waals surface area contributed by atoms with Crippen molar-refractivity contribution in [3.05, 3.63) is 63.3 Å². The number of ether oxygens (including phenoxy) is 2. The lowest BCUT2D eigenvalue weighted by Crippen LogP contribution is -2.34. The van der Waals surface area contributed by atoms with Crippen LogP contribution in [0.5, 0.6) is 0 Å². The van der Waals surface area contributed by atoms with E-state index < -0.39 is 0 Å². The number of fused-ring (bicyclic) bond motifs is 2. The molecule has 5 rings (SSSR count). The Bertz CT molecular complexity index is 1260. The second-order valence-electron chi connectivity index (χ2n) is 8.17. The Hall–Kier alpha value is -3.28. The normalized spacial score (nSPS) is 18.0. The molecule has 3 aromatic rings. The monoisotopic (exact) mass is 431 g/mol. The fourth-order valence-corrected chi connectivity index (χ4v) is 4.70. The van der Waals surface area contributed by atoms with Crippen molar-refractivity contribution < 1.29 is 9.47 Å². The summed E-state index contributed by atoms with van der Waals surface area (Å²) in [5, 5.41) is 10.4. The summed E-state index contributed by atoms with van der Waals surface area (Å²) in [6.45, 7) is 2.72. The average molecular weight is 431 g/mol. The van der Waals surface area contributed by atoms with Crippen molar-refractivity contribution in [1.82, 2.24) is 14.5 Å². The van der Waals surface area contributed by atoms with Crippen LogP contribution in [0.15, 0.2) is 35.1 Å². The van der Waals surface area contributed by atoms with E-state index in [2.05, 4.69) is 11.0 Å². The molecule has 0 spiro atoms. The molecule has 1 fully saturated rings. The van der Waals surface area contributed by atoms with E-state index in [0.29, 0.717) is 54.5 Å². The van der Waals surface area contributed by atoms with E-state index >= 15 is 0 Å². The van der Waals surface area contributed by atoms with Gasteiger partial charge in [-0.05, 0) is 31.0 Å². The topological polar surface area (TPSA) is 93.3 Å². The molecule has 1 saturated heterocycles. The minimum absolute atomic E-state index is 0.0643. The molecule has 0 bridgehead atoms. The third-order valence-electron chi connectivity index (χ3n) is 6.27. The Kier molecular flexibility index (Phi) is 5.60. The minimum atomic E-state index is -0.137. The second kappa shape index (κ2) is 8.69. The minimum Gasteiger partial charge on any atom is -0.383 e. The van der Waals surface area contributed by atoms with Crippen molar-refractivity contribution in [2.75, 3.05) is 31.8 Å². The molecule has 164 valence electrons. The zero-order valence-corrected chi connectivity index (χ0v) is 18.1. The Morgan fingerprint density at radius 1 is 1.31 bits per heavy atom. The standard InChI is InChI=1S/C24H25N5O3/c1-31-12-10-29-23(27-20-6-3-2-5-18(20)24(29)30)21-7-4-9-28(21)22-16(14-25)13-17-15-32-11-8-19(17)26-22/h2-3,5-6,13,21H,4,7-12,15H2,1H3. The summed E-state index contributed by atoms with van der Waals surface area (Å²) < 4.78 is 12.5. The summed E-state index contributed by atoms with van der Waals surface area (Å²) in [6.07, 6.45) is 2.51. The largest absolute Gasteiger partial charge is 0.383 e. The average Bonchev–Trinajstić information content (AvgIpc) is 3.32. The summed E-state index contributed by atoms with van der Waals surface area (Å²) in [7, 11) is 1.63. The number of rotatable bonds is 5. The maximum Gasteiger partial charge on any atom is 0.261 e. The van der Waals surface area contributed by atoms with Crippen molar-refractivity contribution in [3.8, 4) is 6.07 Å². The first-order chi connectivity index (χ1) is 15.7. The van der Waals surface area contributed by atoms with E-state index in [1.807, 2.05) is 30.3 Å². The van der Waals surface area contributed by atoms with Crippen molar-refractivity contribution in [3.63, 3.8) is 0 Å². The van der Waals surface area contributed by atoms with E-state index in [9.17, 15) is 10.1 Å². The van der Waals surface area contributed by atoms with Crippen LogP contribution in [0.25, 0.3) is 10.9 Å². The van der Waals surface area contributed by atoms with Crippen LogP contribution in [0.1, 0.15) is 41.5 Å². The molecule has 0 radical (unpaired) electrons. The molecular weight excluding hydrogens is 406 g/mol. The van der Waals surface area contributed by atoms with Crippen LogP contribution in [-0.4, -0.2) is 41.4 Å². The smallest absolute Gasteiger partial charge is 0.261 e. The molecule has 0 saturated carbocycles. The van der Waals surface area contributed by atoms with Crippen molar-refractivity contribution in [1.29, 1.82) is 5.26 Å². The fourth-order valence-electron chi connectivity index (χ4n) is 4.70. The van der Waals surface area contributed by atoms with Gasteiger partial charge >= 0.3 is 0 Å². The van der Waals surface area contributed by atoms with Crippen LogP contribution in [0.4, 0.5) is 5.82 Å². The highest BCUT2D eigenvalue weighted by Crippen LogP contribution is 2.37. The van der Waals surface area contributed by atoms with Gasteiger partial charge in [-0.2, -0.15) is 5.26 Å². The predicted octanol–water partition coefficient (Wildman–Crippen LogP) is 2.72. The first-order valence-corrected chi connectivity index (χ1v) is 11.0. The van der Waals surface area contributed by atoms with Gasteiger partial charge in [-0.3, -0.25) is 9.36 Å². The molecule has 0 amide bonds. The number of aromatic nitrogens is 3. The number of anilines is 1. The van der Waals surface area contributed by atoms with Crippen LogP contribution >= 0.6 is 0 Å². The molecule has 0 N–H and O–H groups in total. The van der Waals surface area contributed by atoms with Crippen molar-refractivity contribution in [2.45, 2.75) is 38.5 Å². The highest BCUT2D eigenvalue weighted by atomic mass is 16.5. The molecule has 2 aromatic heterocycles. The summed E-state index contributed by atoms with van der Waals surface area (Å²) in [4.78, 5) is 25.3. The molecular formula is C24H25N5O3. The van der Waals surface area contributed by atoms with E-state index in [1.54, 1.807) is 11.7 Å². The summed E-state index contributed by atoms with van der Waals surface area (Å²) in [6, 6.07) is 11.5. The fraction of sp³-hybridized carbons (Fsp3) is 0.417. The van der Waals surface area contributed by atoms with Gasteiger partial charge in [0.2, 0.25) is 0 Å². The number of para-hydroxylation sites is 1. The van der Waals surface area contributed by atoms with Gasteiger partial charge < -0.3 is 14.4 Å². The molecule has 2 aliphatic rings. The lowest BCUT2D eigenvalue weighted by Gasteiger charge is -2.29. The molecule has 1 unspecified atom stereocenters.